The van der Waals surface area contributed by atoms with E-state index in [4.69, 9.17) is 0 Å². The zero-order valence-corrected chi connectivity index (χ0v) is 12.2. The van der Waals surface area contributed by atoms with Gasteiger partial charge in [-0.15, -0.1) is 0 Å². The number of nitrogens with one attached hydrogen (secondary N) is 2. The highest BCUT2D eigenvalue weighted by atomic mass is 16.2. The molecular formula is C13H23N5O. The molecule has 0 aliphatic carbocycles. The Morgan fingerprint density at radius 3 is 2.79 bits per heavy atom. The van der Waals surface area contributed by atoms with E-state index >= 15 is 0 Å². The summed E-state index contributed by atoms with van der Waals surface area (Å²) >= 11 is 0. The Bertz CT molecular complexity index is 448. The second-order valence-corrected chi connectivity index (χ2v) is 6.15. The highest BCUT2D eigenvalue weighted by molar-refractivity contribution is 5.81. The monoisotopic (exact) mass is 265 g/mol. The average molecular weight is 265 g/mol. The van der Waals surface area contributed by atoms with E-state index < -0.39 is 0 Å². The molecule has 0 aromatic carbocycles. The van der Waals surface area contributed by atoms with E-state index in [1.807, 2.05) is 6.92 Å². The maximum Gasteiger partial charge on any atom is 0.237 e. The van der Waals surface area contributed by atoms with Crippen molar-refractivity contribution in [2.75, 3.05) is 13.1 Å². The molecule has 1 amide bonds. The van der Waals surface area contributed by atoms with Crippen molar-refractivity contribution in [3.8, 4) is 0 Å². The summed E-state index contributed by atoms with van der Waals surface area (Å²) in [6.07, 6.45) is 0.969. The van der Waals surface area contributed by atoms with Crippen LogP contribution in [0.1, 0.15) is 45.8 Å². The van der Waals surface area contributed by atoms with Crippen molar-refractivity contribution in [3.63, 3.8) is 0 Å². The molecular weight excluding hydrogens is 242 g/mol. The minimum atomic E-state index is -0.120. The fraction of sp³-hybridized carbons (Fsp3) is 0.769. The molecule has 1 aliphatic heterocycles. The first-order valence-corrected chi connectivity index (χ1v) is 6.81. The molecule has 6 heteroatoms. The molecule has 0 bridgehead atoms. The van der Waals surface area contributed by atoms with Gasteiger partial charge >= 0.3 is 0 Å². The van der Waals surface area contributed by atoms with Crippen molar-refractivity contribution in [1.82, 2.24) is 25.4 Å². The maximum absolute atomic E-state index is 11.8. The van der Waals surface area contributed by atoms with Gasteiger partial charge in [0.15, 0.2) is 5.82 Å². The van der Waals surface area contributed by atoms with Crippen LogP contribution in [0.2, 0.25) is 0 Å². The van der Waals surface area contributed by atoms with Gasteiger partial charge < -0.3 is 5.32 Å². The minimum absolute atomic E-state index is 0.0590. The number of H-pyrrole nitrogens is 1. The van der Waals surface area contributed by atoms with Gasteiger partial charge in [-0.1, -0.05) is 20.8 Å². The van der Waals surface area contributed by atoms with Crippen LogP contribution in [0.3, 0.4) is 0 Å². The summed E-state index contributed by atoms with van der Waals surface area (Å²) in [5.41, 5.74) is -0.0590. The fourth-order valence-electron chi connectivity index (χ4n) is 2.11. The van der Waals surface area contributed by atoms with Gasteiger partial charge in [-0.3, -0.25) is 14.8 Å². The van der Waals surface area contributed by atoms with Crippen molar-refractivity contribution in [2.24, 2.45) is 0 Å². The van der Waals surface area contributed by atoms with Crippen LogP contribution in [-0.2, 0) is 16.8 Å². The maximum atomic E-state index is 11.8. The first-order valence-electron chi connectivity index (χ1n) is 6.81. The molecule has 2 heterocycles. The number of carbonyl (C=O) groups is 1. The Morgan fingerprint density at radius 2 is 2.16 bits per heavy atom. The van der Waals surface area contributed by atoms with E-state index in [2.05, 4.69) is 46.2 Å². The largest absolute Gasteiger partial charge is 0.355 e. The topological polar surface area (TPSA) is 73.9 Å². The average Bonchev–Trinajstić information content (AvgIpc) is 2.74. The summed E-state index contributed by atoms with van der Waals surface area (Å²) in [5.74, 6) is 1.73. The summed E-state index contributed by atoms with van der Waals surface area (Å²) in [5, 5.41) is 10.2. The molecule has 1 unspecified atom stereocenters. The van der Waals surface area contributed by atoms with Crippen LogP contribution in [0, 0.1) is 0 Å². The summed E-state index contributed by atoms with van der Waals surface area (Å²) in [6.45, 7) is 10.5. The smallest absolute Gasteiger partial charge is 0.237 e. The van der Waals surface area contributed by atoms with Crippen LogP contribution in [0.15, 0.2) is 0 Å². The minimum Gasteiger partial charge on any atom is -0.355 e. The van der Waals surface area contributed by atoms with Gasteiger partial charge in [0.1, 0.15) is 5.82 Å². The number of aromatic nitrogens is 3. The molecule has 106 valence electrons. The van der Waals surface area contributed by atoms with Gasteiger partial charge in [-0.05, 0) is 13.3 Å². The zero-order chi connectivity index (χ0) is 14.0. The van der Waals surface area contributed by atoms with Crippen molar-refractivity contribution in [2.45, 2.75) is 52.1 Å². The summed E-state index contributed by atoms with van der Waals surface area (Å²) in [7, 11) is 0. The van der Waals surface area contributed by atoms with Crippen LogP contribution in [0.5, 0.6) is 0 Å². The normalized spacial score (nSPS) is 22.1. The fourth-order valence-corrected chi connectivity index (χ4v) is 2.11. The summed E-state index contributed by atoms with van der Waals surface area (Å²) in [4.78, 5) is 18.4. The SMILES string of the molecule is CC1C(=O)NCCCN1Cc1nc(C(C)(C)C)n[nH]1. The Morgan fingerprint density at radius 1 is 1.42 bits per heavy atom. The molecule has 2 N–H and O–H groups in total. The number of aromatic amines is 1. The van der Waals surface area contributed by atoms with Gasteiger partial charge in [0, 0.05) is 18.5 Å². The van der Waals surface area contributed by atoms with E-state index in [-0.39, 0.29) is 17.4 Å². The Kier molecular flexibility index (Phi) is 3.89. The molecule has 0 radical (unpaired) electrons. The molecule has 1 aromatic rings. The number of hydrogen-bond acceptors (Lipinski definition) is 4. The second kappa shape index (κ2) is 5.28. The number of hydrogen-bond donors (Lipinski definition) is 2. The number of nitrogens with zero attached hydrogens (tertiary/aromatic N) is 3. The lowest BCUT2D eigenvalue weighted by Gasteiger charge is -2.23. The molecule has 1 atom stereocenters. The lowest BCUT2D eigenvalue weighted by molar-refractivity contribution is -0.125. The van der Waals surface area contributed by atoms with Crippen molar-refractivity contribution < 1.29 is 4.79 Å². The quantitative estimate of drug-likeness (QED) is 0.830. The van der Waals surface area contributed by atoms with E-state index in [0.717, 1.165) is 31.2 Å². The van der Waals surface area contributed by atoms with E-state index in [0.29, 0.717) is 6.54 Å². The van der Waals surface area contributed by atoms with Crippen molar-refractivity contribution >= 4 is 5.91 Å². The van der Waals surface area contributed by atoms with Crippen molar-refractivity contribution in [1.29, 1.82) is 0 Å². The molecule has 6 nitrogen and oxygen atoms in total. The highest BCUT2D eigenvalue weighted by Gasteiger charge is 2.25. The lowest BCUT2D eigenvalue weighted by Crippen LogP contribution is -2.41. The number of amides is 1. The van der Waals surface area contributed by atoms with Gasteiger partial charge in [-0.25, -0.2) is 4.98 Å². The Hall–Kier alpha value is -1.43. The van der Waals surface area contributed by atoms with Crippen LogP contribution < -0.4 is 5.32 Å². The van der Waals surface area contributed by atoms with Gasteiger partial charge in [-0.2, -0.15) is 5.10 Å². The summed E-state index contributed by atoms with van der Waals surface area (Å²) in [6, 6.07) is -0.120. The molecule has 1 aromatic heterocycles. The third-order valence-electron chi connectivity index (χ3n) is 3.40. The van der Waals surface area contributed by atoms with Crippen molar-refractivity contribution in [3.05, 3.63) is 11.6 Å². The van der Waals surface area contributed by atoms with E-state index in [1.165, 1.54) is 0 Å². The van der Waals surface area contributed by atoms with Crippen LogP contribution in [-0.4, -0.2) is 45.1 Å². The third-order valence-corrected chi connectivity index (χ3v) is 3.40. The Labute approximate surface area is 114 Å². The van der Waals surface area contributed by atoms with E-state index in [1.54, 1.807) is 0 Å². The van der Waals surface area contributed by atoms with Crippen LogP contribution in [0.4, 0.5) is 0 Å². The van der Waals surface area contributed by atoms with E-state index in [9.17, 15) is 4.79 Å². The predicted molar refractivity (Wildman–Crippen MR) is 72.6 cm³/mol. The molecule has 0 spiro atoms. The first-order chi connectivity index (χ1) is 8.88. The first kappa shape index (κ1) is 14.0. The lowest BCUT2D eigenvalue weighted by atomic mass is 9.96. The van der Waals surface area contributed by atoms with Crippen LogP contribution >= 0.6 is 0 Å². The molecule has 1 fully saturated rings. The van der Waals surface area contributed by atoms with Gasteiger partial charge in [0.05, 0.1) is 12.6 Å². The van der Waals surface area contributed by atoms with Gasteiger partial charge in [0.2, 0.25) is 5.91 Å². The van der Waals surface area contributed by atoms with Crippen LogP contribution in [0.25, 0.3) is 0 Å². The highest BCUT2D eigenvalue weighted by Crippen LogP contribution is 2.18. The molecule has 2 rings (SSSR count). The number of carbonyl (C=O) groups excluding carboxylic acids is 1. The molecule has 0 saturated carbocycles. The molecule has 1 aliphatic rings. The standard InChI is InChI=1S/C13H23N5O/c1-9-11(19)14-6-5-7-18(9)8-10-15-12(17-16-10)13(2,3)4/h9H,5-8H2,1-4H3,(H,14,19)(H,15,16,17). The number of rotatable bonds is 2. The third kappa shape index (κ3) is 3.32. The Balaban J connectivity index is 2.07. The molecule has 1 saturated heterocycles. The zero-order valence-electron chi connectivity index (χ0n) is 12.2. The summed E-state index contributed by atoms with van der Waals surface area (Å²) < 4.78 is 0. The van der Waals surface area contributed by atoms with Gasteiger partial charge in [0.25, 0.3) is 0 Å². The molecule has 19 heavy (non-hydrogen) atoms. The predicted octanol–water partition coefficient (Wildman–Crippen LogP) is 0.813. The second-order valence-electron chi connectivity index (χ2n) is 6.15.